The number of guanidine groups is 1. The first-order valence-electron chi connectivity index (χ1n) is 7.61. The van der Waals surface area contributed by atoms with Crippen LogP contribution in [0.5, 0.6) is 0 Å². The number of aryl methyl sites for hydroxylation is 2. The predicted molar refractivity (Wildman–Crippen MR) is 90.3 cm³/mol. The van der Waals surface area contributed by atoms with Gasteiger partial charge in [-0.2, -0.15) is 0 Å². The first-order chi connectivity index (χ1) is 10.8. The number of methoxy groups -OCH3 is 1. The molecule has 6 nitrogen and oxygen atoms in total. The lowest BCUT2D eigenvalue weighted by atomic mass is 10.3. The second-order valence-corrected chi connectivity index (χ2v) is 5.07. The van der Waals surface area contributed by atoms with Crippen molar-refractivity contribution in [3.8, 4) is 0 Å². The summed E-state index contributed by atoms with van der Waals surface area (Å²) in [7, 11) is 3.46. The third kappa shape index (κ3) is 4.21. The molecule has 120 valence electrons. The van der Waals surface area contributed by atoms with Gasteiger partial charge in [0.25, 0.3) is 0 Å². The minimum absolute atomic E-state index is 0.668. The molecule has 2 N–H and O–H groups in total. The van der Waals surface area contributed by atoms with Crippen LogP contribution in [0.2, 0.25) is 0 Å². The number of aromatic nitrogens is 2. The Labute approximate surface area is 131 Å². The van der Waals surface area contributed by atoms with Gasteiger partial charge in [0.05, 0.1) is 17.6 Å². The van der Waals surface area contributed by atoms with Gasteiger partial charge < -0.3 is 19.9 Å². The van der Waals surface area contributed by atoms with E-state index >= 15 is 0 Å². The van der Waals surface area contributed by atoms with Crippen molar-refractivity contribution in [2.24, 2.45) is 4.99 Å². The fraction of sp³-hybridized carbons (Fsp3) is 0.500. The first-order valence-corrected chi connectivity index (χ1v) is 7.61. The molecule has 2 aromatic rings. The Morgan fingerprint density at radius 1 is 1.27 bits per heavy atom. The summed E-state index contributed by atoms with van der Waals surface area (Å²) < 4.78 is 7.27. The second-order valence-electron chi connectivity index (χ2n) is 5.07. The lowest BCUT2D eigenvalue weighted by Crippen LogP contribution is -2.39. The average molecular weight is 303 g/mol. The summed E-state index contributed by atoms with van der Waals surface area (Å²) in [6.45, 7) is 5.27. The summed E-state index contributed by atoms with van der Waals surface area (Å²) in [5.74, 6) is 1.87. The SMILES string of the molecule is CN=C(NCCCn1c(C)nc2ccccc21)NCCOC. The number of hydrogen-bond acceptors (Lipinski definition) is 3. The fourth-order valence-electron chi connectivity index (χ4n) is 2.41. The highest BCUT2D eigenvalue weighted by atomic mass is 16.5. The van der Waals surface area contributed by atoms with Crippen LogP contribution in [0.15, 0.2) is 29.3 Å². The Hall–Kier alpha value is -2.08. The molecule has 22 heavy (non-hydrogen) atoms. The molecule has 2 rings (SSSR count). The maximum Gasteiger partial charge on any atom is 0.191 e. The molecule has 0 radical (unpaired) electrons. The van der Waals surface area contributed by atoms with Gasteiger partial charge in [0.1, 0.15) is 5.82 Å². The van der Waals surface area contributed by atoms with Crippen LogP contribution < -0.4 is 10.6 Å². The molecule has 0 aliphatic carbocycles. The van der Waals surface area contributed by atoms with Crippen LogP contribution in [-0.2, 0) is 11.3 Å². The maximum atomic E-state index is 5.01. The molecule has 0 unspecified atom stereocenters. The van der Waals surface area contributed by atoms with E-state index in [0.717, 1.165) is 43.4 Å². The van der Waals surface area contributed by atoms with Gasteiger partial charge in [-0.3, -0.25) is 4.99 Å². The molecular weight excluding hydrogens is 278 g/mol. The van der Waals surface area contributed by atoms with E-state index in [4.69, 9.17) is 4.74 Å². The molecule has 0 aliphatic rings. The molecule has 0 fully saturated rings. The van der Waals surface area contributed by atoms with Gasteiger partial charge in [0, 0.05) is 33.8 Å². The lowest BCUT2D eigenvalue weighted by molar-refractivity contribution is 0.203. The van der Waals surface area contributed by atoms with Gasteiger partial charge in [0.15, 0.2) is 5.96 Å². The van der Waals surface area contributed by atoms with Crippen molar-refractivity contribution in [2.45, 2.75) is 19.9 Å². The van der Waals surface area contributed by atoms with Crippen molar-refractivity contribution >= 4 is 17.0 Å². The van der Waals surface area contributed by atoms with Crippen molar-refractivity contribution in [3.05, 3.63) is 30.1 Å². The number of aliphatic imine (C=N–C) groups is 1. The van der Waals surface area contributed by atoms with Crippen LogP contribution >= 0.6 is 0 Å². The minimum atomic E-state index is 0.668. The average Bonchev–Trinajstić information content (AvgIpc) is 2.85. The Morgan fingerprint density at radius 2 is 2.05 bits per heavy atom. The summed E-state index contributed by atoms with van der Waals surface area (Å²) in [6, 6.07) is 8.25. The zero-order chi connectivity index (χ0) is 15.8. The topological polar surface area (TPSA) is 63.5 Å². The Kier molecular flexibility index (Phi) is 6.21. The molecule has 0 bridgehead atoms. The third-order valence-electron chi connectivity index (χ3n) is 3.52. The number of para-hydroxylation sites is 2. The number of nitrogens with one attached hydrogen (secondary N) is 2. The van der Waals surface area contributed by atoms with E-state index in [0.29, 0.717) is 6.61 Å². The molecule has 0 amide bonds. The van der Waals surface area contributed by atoms with Crippen LogP contribution in [0, 0.1) is 6.92 Å². The molecule has 6 heteroatoms. The first kappa shape index (κ1) is 16.3. The molecule has 0 atom stereocenters. The largest absolute Gasteiger partial charge is 0.383 e. The number of fused-ring (bicyclic) bond motifs is 1. The highest BCUT2D eigenvalue weighted by molar-refractivity contribution is 5.79. The smallest absolute Gasteiger partial charge is 0.191 e. The van der Waals surface area contributed by atoms with Crippen molar-refractivity contribution in [2.75, 3.05) is 33.9 Å². The highest BCUT2D eigenvalue weighted by Crippen LogP contribution is 2.15. The molecule has 0 aliphatic heterocycles. The zero-order valence-corrected chi connectivity index (χ0v) is 13.6. The van der Waals surface area contributed by atoms with Crippen LogP contribution in [0.25, 0.3) is 11.0 Å². The van der Waals surface area contributed by atoms with E-state index in [2.05, 4.69) is 50.3 Å². The molecule has 1 aromatic heterocycles. The number of nitrogens with zero attached hydrogens (tertiary/aromatic N) is 3. The van der Waals surface area contributed by atoms with Gasteiger partial charge >= 0.3 is 0 Å². The van der Waals surface area contributed by atoms with Crippen LogP contribution in [0.4, 0.5) is 0 Å². The normalized spacial score (nSPS) is 11.9. The summed E-state index contributed by atoms with van der Waals surface area (Å²) >= 11 is 0. The lowest BCUT2D eigenvalue weighted by Gasteiger charge is -2.12. The molecule has 1 heterocycles. The second kappa shape index (κ2) is 8.38. The van der Waals surface area contributed by atoms with Gasteiger partial charge in [-0.25, -0.2) is 4.98 Å². The Bertz CT molecular complexity index is 620. The number of rotatable bonds is 7. The van der Waals surface area contributed by atoms with Crippen molar-refractivity contribution < 1.29 is 4.74 Å². The number of imidazole rings is 1. The van der Waals surface area contributed by atoms with E-state index in [1.807, 2.05) is 6.07 Å². The van der Waals surface area contributed by atoms with Crippen LogP contribution in [0.1, 0.15) is 12.2 Å². The molecular formula is C16H25N5O. The number of ether oxygens (including phenoxy) is 1. The van der Waals surface area contributed by atoms with Crippen molar-refractivity contribution in [1.29, 1.82) is 0 Å². The third-order valence-corrected chi connectivity index (χ3v) is 3.52. The zero-order valence-electron chi connectivity index (χ0n) is 13.6. The minimum Gasteiger partial charge on any atom is -0.383 e. The quantitative estimate of drug-likeness (QED) is 0.463. The molecule has 0 saturated heterocycles. The van der Waals surface area contributed by atoms with E-state index in [1.165, 1.54) is 5.52 Å². The van der Waals surface area contributed by atoms with E-state index in [-0.39, 0.29) is 0 Å². The predicted octanol–water partition coefficient (Wildman–Crippen LogP) is 1.55. The summed E-state index contributed by atoms with van der Waals surface area (Å²) in [5, 5.41) is 6.51. The van der Waals surface area contributed by atoms with E-state index < -0.39 is 0 Å². The molecule has 0 spiro atoms. The van der Waals surface area contributed by atoms with Gasteiger partial charge in [-0.15, -0.1) is 0 Å². The fourth-order valence-corrected chi connectivity index (χ4v) is 2.41. The summed E-state index contributed by atoms with van der Waals surface area (Å²) in [5.41, 5.74) is 2.26. The van der Waals surface area contributed by atoms with E-state index in [9.17, 15) is 0 Å². The molecule has 0 saturated carbocycles. The highest BCUT2D eigenvalue weighted by Gasteiger charge is 2.06. The number of benzene rings is 1. The Morgan fingerprint density at radius 3 is 2.82 bits per heavy atom. The van der Waals surface area contributed by atoms with Gasteiger partial charge in [-0.05, 0) is 25.5 Å². The van der Waals surface area contributed by atoms with Gasteiger partial charge in [0.2, 0.25) is 0 Å². The monoisotopic (exact) mass is 303 g/mol. The maximum absolute atomic E-state index is 5.01. The van der Waals surface area contributed by atoms with Gasteiger partial charge in [-0.1, -0.05) is 12.1 Å². The van der Waals surface area contributed by atoms with E-state index in [1.54, 1.807) is 14.2 Å². The summed E-state index contributed by atoms with van der Waals surface area (Å²) in [6.07, 6.45) is 1.01. The summed E-state index contributed by atoms with van der Waals surface area (Å²) in [4.78, 5) is 8.77. The Balaban J connectivity index is 1.81. The standard InChI is InChI=1S/C16H25N5O/c1-13-20-14-7-4-5-8-15(14)21(13)11-6-9-18-16(17-2)19-10-12-22-3/h4-5,7-8H,6,9-12H2,1-3H3,(H2,17,18,19). The molecule has 1 aromatic carbocycles. The van der Waals surface area contributed by atoms with Crippen molar-refractivity contribution in [1.82, 2.24) is 20.2 Å². The van der Waals surface area contributed by atoms with Crippen LogP contribution in [0.3, 0.4) is 0 Å². The number of hydrogen-bond donors (Lipinski definition) is 2. The van der Waals surface area contributed by atoms with Crippen molar-refractivity contribution in [3.63, 3.8) is 0 Å². The van der Waals surface area contributed by atoms with Crippen LogP contribution in [-0.4, -0.2) is 49.4 Å².